The van der Waals surface area contributed by atoms with Crippen molar-refractivity contribution in [2.45, 2.75) is 250 Å². The Balaban J connectivity index is 2.75. The monoisotopic (exact) mass is 971 g/mol. The average molecular weight is 971 g/mol. The van der Waals surface area contributed by atoms with E-state index in [0.29, 0.717) is 19.3 Å². The second-order valence-corrected chi connectivity index (χ2v) is 18.2. The van der Waals surface area contributed by atoms with Crippen LogP contribution in [0.3, 0.4) is 0 Å². The minimum absolute atomic E-state index is 0.150. The minimum atomic E-state index is -1.93. The molecule has 12 heteroatoms. The third-order valence-electron chi connectivity index (χ3n) is 11.8. The lowest BCUT2D eigenvalue weighted by Crippen LogP contribution is -2.61. The Morgan fingerprint density at radius 1 is 0.507 bits per heavy atom. The van der Waals surface area contributed by atoms with Crippen molar-refractivity contribution in [2.24, 2.45) is 0 Å². The molecule has 394 valence electrons. The highest BCUT2D eigenvalue weighted by molar-refractivity contribution is 5.74. The molecule has 0 radical (unpaired) electrons. The van der Waals surface area contributed by atoms with Gasteiger partial charge in [-0.15, -0.1) is 0 Å². The molecule has 1 heterocycles. The van der Waals surface area contributed by atoms with Gasteiger partial charge in [-0.2, -0.15) is 0 Å². The van der Waals surface area contributed by atoms with E-state index in [1.165, 1.54) is 70.6 Å². The van der Waals surface area contributed by atoms with E-state index in [1.54, 1.807) is 12.2 Å². The quantitative estimate of drug-likeness (QED) is 0.0228. The third kappa shape index (κ3) is 35.8. The van der Waals surface area contributed by atoms with Crippen LogP contribution >= 0.6 is 0 Å². The van der Waals surface area contributed by atoms with Crippen LogP contribution < -0.4 is 0 Å². The minimum Gasteiger partial charge on any atom is -0.479 e. The van der Waals surface area contributed by atoms with Crippen LogP contribution in [0.25, 0.3) is 0 Å². The van der Waals surface area contributed by atoms with Gasteiger partial charge in [-0.25, -0.2) is 4.79 Å². The molecule has 0 aromatic heterocycles. The van der Waals surface area contributed by atoms with Crippen molar-refractivity contribution < 1.29 is 58.2 Å². The molecule has 0 aromatic rings. The van der Waals surface area contributed by atoms with Gasteiger partial charge in [0, 0.05) is 12.8 Å². The summed E-state index contributed by atoms with van der Waals surface area (Å²) in [7, 11) is 0. The standard InChI is InChI=1S/C57H94O12/c1-4-7-10-13-16-19-21-23-25-27-29-32-34-37-40-43-49(58)65-46-48(67-50(59)44-41-38-35-31-18-15-12-9-6-3)47-66-57-55(53(62)52(61)54(69-57)56(63)64)68-51(60)45-42-39-36-33-30-28-26-24-22-20-17-14-11-8-5-2/h8,11,17,20,23-26,30,33,39,42,48,52-55,57,61-62H,4-7,9-10,12-16,18-19,21-22,27-29,31-32,34-38,40-41,43-47H2,1-3H3,(H,63,64)/b11-8-,20-17-,25-23-,26-24-,33-30-,42-39-. The molecular weight excluding hydrogens is 877 g/mol. The molecule has 6 atom stereocenters. The van der Waals surface area contributed by atoms with Crippen LogP contribution in [0, 0.1) is 0 Å². The van der Waals surface area contributed by atoms with E-state index >= 15 is 0 Å². The largest absolute Gasteiger partial charge is 0.479 e. The summed E-state index contributed by atoms with van der Waals surface area (Å²) in [6.45, 7) is 5.77. The van der Waals surface area contributed by atoms with Crippen LogP contribution in [0.4, 0.5) is 0 Å². The van der Waals surface area contributed by atoms with Gasteiger partial charge in [-0.3, -0.25) is 14.4 Å². The molecule has 1 rings (SSSR count). The van der Waals surface area contributed by atoms with E-state index in [1.807, 2.05) is 12.2 Å². The zero-order valence-corrected chi connectivity index (χ0v) is 43.0. The van der Waals surface area contributed by atoms with Gasteiger partial charge in [0.2, 0.25) is 0 Å². The highest BCUT2D eigenvalue weighted by Gasteiger charge is 2.50. The molecule has 0 saturated carbocycles. The van der Waals surface area contributed by atoms with E-state index in [2.05, 4.69) is 69.4 Å². The van der Waals surface area contributed by atoms with Crippen molar-refractivity contribution in [1.82, 2.24) is 0 Å². The fraction of sp³-hybridized carbons (Fsp3) is 0.719. The first-order valence-electron chi connectivity index (χ1n) is 26.9. The zero-order chi connectivity index (χ0) is 50.4. The average Bonchev–Trinajstić information content (AvgIpc) is 3.33. The molecule has 1 aliphatic rings. The summed E-state index contributed by atoms with van der Waals surface area (Å²) >= 11 is 0. The predicted molar refractivity (Wildman–Crippen MR) is 275 cm³/mol. The molecule has 0 spiro atoms. The molecule has 3 N–H and O–H groups in total. The fourth-order valence-corrected chi connectivity index (χ4v) is 7.67. The molecule has 69 heavy (non-hydrogen) atoms. The summed E-state index contributed by atoms with van der Waals surface area (Å²) in [4.78, 5) is 50.7. The van der Waals surface area contributed by atoms with Gasteiger partial charge < -0.3 is 39.0 Å². The number of carboxylic acid groups (broad SMARTS) is 1. The SMILES string of the molecule is CC/C=C\C/C=C\C/C=C\C/C=C\C/C=C\CC(=O)OC1C(OCC(COC(=O)CCCCCCC/C=C\CCCCCCCC)OC(=O)CCCCCCCCCCC)OC(C(=O)O)C(O)C1O. The topological polar surface area (TPSA) is 175 Å². The van der Waals surface area contributed by atoms with Crippen LogP contribution in [0.1, 0.15) is 213 Å². The van der Waals surface area contributed by atoms with Crippen molar-refractivity contribution in [3.8, 4) is 0 Å². The molecule has 1 saturated heterocycles. The number of unbranched alkanes of at least 4 members (excludes halogenated alkanes) is 19. The van der Waals surface area contributed by atoms with E-state index in [4.69, 9.17) is 23.7 Å². The number of ether oxygens (including phenoxy) is 5. The van der Waals surface area contributed by atoms with Gasteiger partial charge in [-0.05, 0) is 70.6 Å². The highest BCUT2D eigenvalue weighted by Crippen LogP contribution is 2.26. The van der Waals surface area contributed by atoms with Crippen molar-refractivity contribution in [1.29, 1.82) is 0 Å². The Kier molecular flexibility index (Phi) is 41.5. The lowest BCUT2D eigenvalue weighted by molar-refractivity contribution is -0.301. The summed E-state index contributed by atoms with van der Waals surface area (Å²) in [6, 6.07) is 0. The maximum absolute atomic E-state index is 13.0. The number of aliphatic hydroxyl groups is 2. The highest BCUT2D eigenvalue weighted by atomic mass is 16.7. The number of hydrogen-bond acceptors (Lipinski definition) is 11. The van der Waals surface area contributed by atoms with Crippen LogP contribution in [0.15, 0.2) is 72.9 Å². The Hall–Kier alpha value is -3.84. The molecular formula is C57H94O12. The Morgan fingerprint density at radius 3 is 1.45 bits per heavy atom. The number of carboxylic acids is 1. The number of aliphatic hydroxyl groups excluding tert-OH is 2. The predicted octanol–water partition coefficient (Wildman–Crippen LogP) is 13.0. The first-order chi connectivity index (χ1) is 33.6. The molecule has 0 aromatic carbocycles. The number of esters is 3. The molecule has 1 aliphatic heterocycles. The fourth-order valence-electron chi connectivity index (χ4n) is 7.67. The summed E-state index contributed by atoms with van der Waals surface area (Å²) in [5.74, 6) is -3.30. The lowest BCUT2D eigenvalue weighted by Gasteiger charge is -2.40. The Labute approximate surface area is 417 Å². The van der Waals surface area contributed by atoms with E-state index in [0.717, 1.165) is 83.5 Å². The second kappa shape index (κ2) is 45.3. The summed E-state index contributed by atoms with van der Waals surface area (Å²) < 4.78 is 28.1. The van der Waals surface area contributed by atoms with Crippen LogP contribution in [0.5, 0.6) is 0 Å². The number of aliphatic carboxylic acids is 1. The second-order valence-electron chi connectivity index (χ2n) is 18.2. The number of carbonyl (C=O) groups is 4. The van der Waals surface area contributed by atoms with Gasteiger partial charge in [0.25, 0.3) is 0 Å². The molecule has 0 aliphatic carbocycles. The van der Waals surface area contributed by atoms with E-state index in [9.17, 15) is 34.5 Å². The molecule has 1 fully saturated rings. The number of allylic oxidation sites excluding steroid dienone is 11. The maximum atomic E-state index is 13.0. The lowest BCUT2D eigenvalue weighted by atomic mass is 9.98. The first-order valence-corrected chi connectivity index (χ1v) is 26.9. The maximum Gasteiger partial charge on any atom is 0.335 e. The molecule has 0 bridgehead atoms. The van der Waals surface area contributed by atoms with Crippen molar-refractivity contribution >= 4 is 23.9 Å². The van der Waals surface area contributed by atoms with Crippen molar-refractivity contribution in [3.05, 3.63) is 72.9 Å². The van der Waals surface area contributed by atoms with Gasteiger partial charge in [0.1, 0.15) is 18.8 Å². The number of hydrogen-bond donors (Lipinski definition) is 3. The Bertz CT molecular complexity index is 1480. The van der Waals surface area contributed by atoms with Crippen LogP contribution in [-0.4, -0.2) is 89.2 Å². The van der Waals surface area contributed by atoms with Crippen molar-refractivity contribution in [3.63, 3.8) is 0 Å². The number of rotatable bonds is 44. The van der Waals surface area contributed by atoms with E-state index < -0.39 is 67.3 Å². The summed E-state index contributed by atoms with van der Waals surface area (Å²) in [6.07, 6.45) is 43.5. The zero-order valence-electron chi connectivity index (χ0n) is 43.0. The van der Waals surface area contributed by atoms with E-state index in [-0.39, 0.29) is 25.9 Å². The third-order valence-corrected chi connectivity index (χ3v) is 11.8. The van der Waals surface area contributed by atoms with Crippen LogP contribution in [0.2, 0.25) is 0 Å². The van der Waals surface area contributed by atoms with Gasteiger partial charge >= 0.3 is 23.9 Å². The summed E-state index contributed by atoms with van der Waals surface area (Å²) in [5, 5.41) is 31.3. The normalized spacial score (nSPS) is 19.2. The van der Waals surface area contributed by atoms with Gasteiger partial charge in [0.05, 0.1) is 13.0 Å². The van der Waals surface area contributed by atoms with Crippen molar-refractivity contribution in [2.75, 3.05) is 13.2 Å². The summed E-state index contributed by atoms with van der Waals surface area (Å²) in [5.41, 5.74) is 0. The number of carbonyl (C=O) groups excluding carboxylic acids is 3. The first kappa shape index (κ1) is 63.2. The molecule has 12 nitrogen and oxygen atoms in total. The molecule has 0 amide bonds. The van der Waals surface area contributed by atoms with Gasteiger partial charge in [-0.1, -0.05) is 196 Å². The molecule has 6 unspecified atom stereocenters. The van der Waals surface area contributed by atoms with Gasteiger partial charge in [0.15, 0.2) is 24.6 Å². The smallest absolute Gasteiger partial charge is 0.335 e. The Morgan fingerprint density at radius 2 is 0.957 bits per heavy atom. The van der Waals surface area contributed by atoms with Crippen LogP contribution in [-0.2, 0) is 42.9 Å².